The summed E-state index contributed by atoms with van der Waals surface area (Å²) in [6, 6.07) is 11.5. The van der Waals surface area contributed by atoms with Crippen molar-refractivity contribution in [3.8, 4) is 5.75 Å². The zero-order chi connectivity index (χ0) is 17.0. The standard InChI is InChI=1S/C19H21Cl2NO/c1-5-14-10-16(20)6-8-18(14)22(4)12-15-11-17(21)7-9-19(15)23-13(2)3/h5-11,13H,1,12H2,2-4H3. The molecule has 0 bridgehead atoms. The smallest absolute Gasteiger partial charge is 0.124 e. The quantitative estimate of drug-likeness (QED) is 0.628. The zero-order valence-corrected chi connectivity index (χ0v) is 15.2. The van der Waals surface area contributed by atoms with Crippen LogP contribution in [0.3, 0.4) is 0 Å². The van der Waals surface area contributed by atoms with Crippen LogP contribution < -0.4 is 9.64 Å². The Morgan fingerprint density at radius 1 is 1.13 bits per heavy atom. The second kappa shape index (κ2) is 7.76. The normalized spacial score (nSPS) is 10.7. The molecule has 2 rings (SSSR count). The highest BCUT2D eigenvalue weighted by molar-refractivity contribution is 6.31. The average molecular weight is 350 g/mol. The van der Waals surface area contributed by atoms with E-state index in [0.29, 0.717) is 16.6 Å². The molecule has 0 aliphatic heterocycles. The first-order valence-electron chi connectivity index (χ1n) is 7.49. The van der Waals surface area contributed by atoms with Gasteiger partial charge in [-0.3, -0.25) is 0 Å². The molecular formula is C19H21Cl2NO. The molecule has 0 heterocycles. The van der Waals surface area contributed by atoms with Crippen molar-refractivity contribution in [2.24, 2.45) is 0 Å². The van der Waals surface area contributed by atoms with Gasteiger partial charge in [0.05, 0.1) is 6.10 Å². The predicted molar refractivity (Wildman–Crippen MR) is 101 cm³/mol. The molecule has 0 radical (unpaired) electrons. The molecule has 0 aromatic heterocycles. The Bertz CT molecular complexity index is 698. The van der Waals surface area contributed by atoms with E-state index in [0.717, 1.165) is 22.6 Å². The SMILES string of the molecule is C=Cc1cc(Cl)ccc1N(C)Cc1cc(Cl)ccc1OC(C)C. The van der Waals surface area contributed by atoms with Crippen molar-refractivity contribution in [3.63, 3.8) is 0 Å². The highest BCUT2D eigenvalue weighted by Crippen LogP contribution is 2.29. The minimum Gasteiger partial charge on any atom is -0.491 e. The third-order valence-electron chi connectivity index (χ3n) is 3.41. The van der Waals surface area contributed by atoms with Crippen LogP contribution in [0.2, 0.25) is 10.0 Å². The highest BCUT2D eigenvalue weighted by atomic mass is 35.5. The van der Waals surface area contributed by atoms with Gasteiger partial charge in [0, 0.05) is 34.9 Å². The lowest BCUT2D eigenvalue weighted by Gasteiger charge is -2.24. The zero-order valence-electron chi connectivity index (χ0n) is 13.6. The molecule has 4 heteroatoms. The minimum absolute atomic E-state index is 0.111. The van der Waals surface area contributed by atoms with Crippen LogP contribution in [0.5, 0.6) is 5.75 Å². The first kappa shape index (κ1) is 17.7. The van der Waals surface area contributed by atoms with Crippen LogP contribution in [-0.2, 0) is 6.54 Å². The van der Waals surface area contributed by atoms with Crippen LogP contribution in [0.15, 0.2) is 43.0 Å². The van der Waals surface area contributed by atoms with Gasteiger partial charge in [-0.2, -0.15) is 0 Å². The lowest BCUT2D eigenvalue weighted by molar-refractivity contribution is 0.240. The molecule has 0 saturated carbocycles. The number of ether oxygens (including phenoxy) is 1. The maximum Gasteiger partial charge on any atom is 0.124 e. The number of halogens is 2. The van der Waals surface area contributed by atoms with E-state index in [1.165, 1.54) is 0 Å². The number of nitrogens with zero attached hydrogens (tertiary/aromatic N) is 1. The monoisotopic (exact) mass is 349 g/mol. The summed E-state index contributed by atoms with van der Waals surface area (Å²) in [4.78, 5) is 2.13. The molecular weight excluding hydrogens is 329 g/mol. The molecule has 2 aromatic carbocycles. The van der Waals surface area contributed by atoms with Crippen LogP contribution in [0.1, 0.15) is 25.0 Å². The van der Waals surface area contributed by atoms with Gasteiger partial charge in [-0.15, -0.1) is 0 Å². The van der Waals surface area contributed by atoms with Gasteiger partial charge < -0.3 is 9.64 Å². The fourth-order valence-corrected chi connectivity index (χ4v) is 2.79. The van der Waals surface area contributed by atoms with E-state index >= 15 is 0 Å². The Balaban J connectivity index is 2.31. The molecule has 0 aliphatic carbocycles. The summed E-state index contributed by atoms with van der Waals surface area (Å²) in [5.74, 6) is 0.852. The Morgan fingerprint density at radius 2 is 1.78 bits per heavy atom. The highest BCUT2D eigenvalue weighted by Gasteiger charge is 2.12. The van der Waals surface area contributed by atoms with Crippen molar-refractivity contribution in [1.82, 2.24) is 0 Å². The van der Waals surface area contributed by atoms with Crippen LogP contribution in [-0.4, -0.2) is 13.2 Å². The van der Waals surface area contributed by atoms with Crippen LogP contribution in [0.25, 0.3) is 6.08 Å². The third kappa shape index (κ3) is 4.66. The van der Waals surface area contributed by atoms with Gasteiger partial charge in [0.25, 0.3) is 0 Å². The van der Waals surface area contributed by atoms with Gasteiger partial charge in [-0.05, 0) is 55.8 Å². The Hall–Kier alpha value is -1.64. The van der Waals surface area contributed by atoms with Gasteiger partial charge in [0.15, 0.2) is 0 Å². The maximum atomic E-state index is 6.15. The lowest BCUT2D eigenvalue weighted by atomic mass is 10.1. The molecule has 0 spiro atoms. The van der Waals surface area contributed by atoms with Crippen molar-refractivity contribution >= 4 is 35.0 Å². The summed E-state index contributed by atoms with van der Waals surface area (Å²) in [7, 11) is 2.02. The van der Waals surface area contributed by atoms with Crippen LogP contribution in [0.4, 0.5) is 5.69 Å². The van der Waals surface area contributed by atoms with Gasteiger partial charge in [-0.1, -0.05) is 35.9 Å². The second-order valence-corrected chi connectivity index (χ2v) is 6.55. The van der Waals surface area contributed by atoms with E-state index < -0.39 is 0 Å². The average Bonchev–Trinajstić information content (AvgIpc) is 2.49. The number of benzene rings is 2. The maximum absolute atomic E-state index is 6.15. The van der Waals surface area contributed by atoms with Gasteiger partial charge in [0.2, 0.25) is 0 Å². The van der Waals surface area contributed by atoms with Crippen molar-refractivity contribution in [2.75, 3.05) is 11.9 Å². The summed E-state index contributed by atoms with van der Waals surface area (Å²) in [6.45, 7) is 8.56. The summed E-state index contributed by atoms with van der Waals surface area (Å²) in [5.41, 5.74) is 3.09. The van der Waals surface area contributed by atoms with Crippen molar-refractivity contribution in [3.05, 3.63) is 64.1 Å². The van der Waals surface area contributed by atoms with Crippen molar-refractivity contribution < 1.29 is 4.74 Å². The number of hydrogen-bond donors (Lipinski definition) is 0. The topological polar surface area (TPSA) is 12.5 Å². The van der Waals surface area contributed by atoms with Gasteiger partial charge in [0.1, 0.15) is 5.75 Å². The molecule has 0 amide bonds. The van der Waals surface area contributed by atoms with E-state index in [9.17, 15) is 0 Å². The van der Waals surface area contributed by atoms with E-state index in [2.05, 4.69) is 11.5 Å². The third-order valence-corrected chi connectivity index (χ3v) is 3.88. The Morgan fingerprint density at radius 3 is 2.43 bits per heavy atom. The van der Waals surface area contributed by atoms with E-state index in [4.69, 9.17) is 27.9 Å². The van der Waals surface area contributed by atoms with Crippen molar-refractivity contribution in [1.29, 1.82) is 0 Å². The van der Waals surface area contributed by atoms with E-state index in [1.807, 2.05) is 57.3 Å². The summed E-state index contributed by atoms with van der Waals surface area (Å²) >= 11 is 12.2. The molecule has 2 nitrogen and oxygen atoms in total. The second-order valence-electron chi connectivity index (χ2n) is 5.68. The fraction of sp³-hybridized carbons (Fsp3) is 0.263. The Kier molecular flexibility index (Phi) is 5.97. The number of anilines is 1. The predicted octanol–water partition coefficient (Wildman–Crippen LogP) is 6.06. The molecule has 0 unspecified atom stereocenters. The number of rotatable bonds is 6. The molecule has 122 valence electrons. The lowest BCUT2D eigenvalue weighted by Crippen LogP contribution is -2.19. The molecule has 2 aromatic rings. The minimum atomic E-state index is 0.111. The first-order valence-corrected chi connectivity index (χ1v) is 8.24. The summed E-state index contributed by atoms with van der Waals surface area (Å²) in [6.07, 6.45) is 1.92. The molecule has 0 atom stereocenters. The van der Waals surface area contributed by atoms with Gasteiger partial charge >= 0.3 is 0 Å². The molecule has 0 saturated heterocycles. The van der Waals surface area contributed by atoms with Crippen molar-refractivity contribution in [2.45, 2.75) is 26.5 Å². The summed E-state index contributed by atoms with van der Waals surface area (Å²) in [5, 5.41) is 1.40. The molecule has 0 N–H and O–H groups in total. The van der Waals surface area contributed by atoms with Gasteiger partial charge in [-0.25, -0.2) is 0 Å². The van der Waals surface area contributed by atoms with Crippen LogP contribution >= 0.6 is 23.2 Å². The molecule has 0 aliphatic rings. The largest absolute Gasteiger partial charge is 0.491 e. The number of hydrogen-bond acceptors (Lipinski definition) is 2. The Labute approximate surface area is 148 Å². The molecule has 23 heavy (non-hydrogen) atoms. The first-order chi connectivity index (χ1) is 10.9. The van der Waals surface area contributed by atoms with E-state index in [1.54, 1.807) is 6.08 Å². The summed E-state index contributed by atoms with van der Waals surface area (Å²) < 4.78 is 5.89. The molecule has 0 fully saturated rings. The fourth-order valence-electron chi connectivity index (χ4n) is 2.42. The van der Waals surface area contributed by atoms with E-state index in [-0.39, 0.29) is 6.10 Å². The van der Waals surface area contributed by atoms with Crippen LogP contribution in [0, 0.1) is 0 Å².